The fourth-order valence-corrected chi connectivity index (χ4v) is 3.78. The highest BCUT2D eigenvalue weighted by Gasteiger charge is 2.23. The number of carbonyl (C=O) groups excluding carboxylic acids is 2. The molecule has 0 saturated carbocycles. The molecule has 9 heteroatoms. The highest BCUT2D eigenvalue weighted by atomic mass is 16.5. The van der Waals surface area contributed by atoms with Gasteiger partial charge >= 0.3 is 6.09 Å². The maximum absolute atomic E-state index is 12.6. The molecule has 35 heavy (non-hydrogen) atoms. The van der Waals surface area contributed by atoms with Crippen LogP contribution in [0.5, 0.6) is 0 Å². The second-order valence-corrected chi connectivity index (χ2v) is 8.43. The summed E-state index contributed by atoms with van der Waals surface area (Å²) >= 11 is 0. The predicted octanol–water partition coefficient (Wildman–Crippen LogP) is 3.41. The summed E-state index contributed by atoms with van der Waals surface area (Å²) in [4.78, 5) is 37.4. The van der Waals surface area contributed by atoms with Crippen LogP contribution in [-0.2, 0) is 16.1 Å². The van der Waals surface area contributed by atoms with E-state index < -0.39 is 6.09 Å². The summed E-state index contributed by atoms with van der Waals surface area (Å²) in [6.45, 7) is 6.37. The van der Waals surface area contributed by atoms with Crippen molar-refractivity contribution >= 4 is 29.3 Å². The topological polar surface area (TPSA) is 99.7 Å². The molecule has 0 unspecified atom stereocenters. The van der Waals surface area contributed by atoms with Crippen LogP contribution in [0.4, 0.5) is 22.1 Å². The molecular formula is C26H30N6O3. The third-order valence-electron chi connectivity index (χ3n) is 5.70. The molecule has 0 radical (unpaired) electrons. The molecule has 1 aliphatic heterocycles. The Morgan fingerprint density at radius 2 is 1.66 bits per heavy atom. The van der Waals surface area contributed by atoms with E-state index in [4.69, 9.17) is 4.74 Å². The van der Waals surface area contributed by atoms with Crippen LogP contribution in [0.1, 0.15) is 17.0 Å². The van der Waals surface area contributed by atoms with E-state index in [-0.39, 0.29) is 19.1 Å². The molecule has 2 heterocycles. The lowest BCUT2D eigenvalue weighted by Crippen LogP contribution is -2.51. The molecule has 1 fully saturated rings. The van der Waals surface area contributed by atoms with Gasteiger partial charge in [0.1, 0.15) is 30.6 Å². The Morgan fingerprint density at radius 3 is 2.37 bits per heavy atom. The van der Waals surface area contributed by atoms with Gasteiger partial charge in [-0.1, -0.05) is 48.0 Å². The van der Waals surface area contributed by atoms with E-state index in [1.165, 1.54) is 5.56 Å². The number of rotatable bonds is 7. The third kappa shape index (κ3) is 6.92. The number of aromatic nitrogens is 2. The molecule has 0 spiro atoms. The molecule has 2 aromatic carbocycles. The minimum absolute atomic E-state index is 0.0924. The van der Waals surface area contributed by atoms with Crippen molar-refractivity contribution in [3.63, 3.8) is 0 Å². The Hall–Kier alpha value is -4.14. The summed E-state index contributed by atoms with van der Waals surface area (Å²) in [6.07, 6.45) is -0.606. The number of anilines is 3. The fraction of sp³-hybridized carbons (Fsp3) is 0.308. The number of piperazine rings is 1. The monoisotopic (exact) mass is 474 g/mol. The molecular weight excluding hydrogens is 444 g/mol. The Labute approximate surface area is 205 Å². The van der Waals surface area contributed by atoms with E-state index in [0.29, 0.717) is 32.0 Å². The molecule has 1 saturated heterocycles. The predicted molar refractivity (Wildman–Crippen MR) is 135 cm³/mol. The number of ether oxygens (including phenoxy) is 1. The normalized spacial score (nSPS) is 13.3. The first-order chi connectivity index (χ1) is 17.0. The van der Waals surface area contributed by atoms with E-state index in [2.05, 4.69) is 32.4 Å². The van der Waals surface area contributed by atoms with Crippen molar-refractivity contribution in [2.45, 2.75) is 20.5 Å². The van der Waals surface area contributed by atoms with E-state index in [1.54, 1.807) is 4.90 Å². The molecule has 9 nitrogen and oxygen atoms in total. The van der Waals surface area contributed by atoms with E-state index >= 15 is 0 Å². The SMILES string of the molecule is Cc1ccc(Nc2cc(N3CCN(C(=O)CNC(=O)OCc4ccccc4)CC3)nc(C)n2)cc1. The first-order valence-corrected chi connectivity index (χ1v) is 11.6. The average molecular weight is 475 g/mol. The van der Waals surface area contributed by atoms with Gasteiger partial charge in [0, 0.05) is 37.9 Å². The summed E-state index contributed by atoms with van der Waals surface area (Å²) in [7, 11) is 0. The number of hydrogen-bond acceptors (Lipinski definition) is 7. The second-order valence-electron chi connectivity index (χ2n) is 8.43. The molecule has 2 amide bonds. The molecule has 0 aliphatic carbocycles. The summed E-state index contributed by atoms with van der Waals surface area (Å²) in [5.41, 5.74) is 3.05. The van der Waals surface area contributed by atoms with Crippen LogP contribution < -0.4 is 15.5 Å². The van der Waals surface area contributed by atoms with Gasteiger partial charge in [0.25, 0.3) is 0 Å². The maximum atomic E-state index is 12.6. The van der Waals surface area contributed by atoms with E-state index in [0.717, 1.165) is 22.9 Å². The largest absolute Gasteiger partial charge is 0.445 e. The summed E-state index contributed by atoms with van der Waals surface area (Å²) in [5.74, 6) is 2.09. The fourth-order valence-electron chi connectivity index (χ4n) is 3.78. The van der Waals surface area contributed by atoms with Crippen LogP contribution in [0.15, 0.2) is 60.7 Å². The molecule has 1 aromatic heterocycles. The summed E-state index contributed by atoms with van der Waals surface area (Å²) < 4.78 is 5.16. The standard InChI is InChI=1S/C26H30N6O3/c1-19-8-10-22(11-9-19)30-23-16-24(29-20(2)28-23)31-12-14-32(15-13-31)25(33)17-27-26(34)35-18-21-6-4-3-5-7-21/h3-11,16H,12-15,17-18H2,1-2H3,(H,27,34)(H,28,29,30). The number of benzene rings is 2. The number of aryl methyl sites for hydroxylation is 2. The number of alkyl carbamates (subject to hydrolysis) is 1. The van der Waals surface area contributed by atoms with Gasteiger partial charge in [-0.25, -0.2) is 14.8 Å². The quantitative estimate of drug-likeness (QED) is 0.541. The molecule has 3 aromatic rings. The number of hydrogen-bond donors (Lipinski definition) is 2. The van der Waals surface area contributed by atoms with Gasteiger partial charge in [-0.05, 0) is 31.5 Å². The molecule has 0 atom stereocenters. The van der Waals surface area contributed by atoms with Gasteiger partial charge in [0.15, 0.2) is 0 Å². The van der Waals surface area contributed by atoms with Crippen molar-refractivity contribution in [3.05, 3.63) is 77.6 Å². The van der Waals surface area contributed by atoms with Crippen molar-refractivity contribution in [2.75, 3.05) is 42.9 Å². The zero-order chi connectivity index (χ0) is 24.6. The summed E-state index contributed by atoms with van der Waals surface area (Å²) in [6, 6.07) is 19.5. The van der Waals surface area contributed by atoms with Gasteiger partial charge in [-0.2, -0.15) is 0 Å². The lowest BCUT2D eigenvalue weighted by atomic mass is 10.2. The number of nitrogens with one attached hydrogen (secondary N) is 2. The number of nitrogens with zero attached hydrogens (tertiary/aromatic N) is 4. The van der Waals surface area contributed by atoms with E-state index in [9.17, 15) is 9.59 Å². The average Bonchev–Trinajstić information content (AvgIpc) is 2.88. The Balaban J connectivity index is 1.25. The Morgan fingerprint density at radius 1 is 0.943 bits per heavy atom. The third-order valence-corrected chi connectivity index (χ3v) is 5.70. The number of amides is 2. The van der Waals surface area contributed by atoms with Gasteiger partial charge in [-0.15, -0.1) is 0 Å². The Bertz CT molecular complexity index is 1150. The van der Waals surface area contributed by atoms with Crippen molar-refractivity contribution < 1.29 is 14.3 Å². The summed E-state index contributed by atoms with van der Waals surface area (Å²) in [5, 5.41) is 5.87. The van der Waals surface area contributed by atoms with E-state index in [1.807, 2.05) is 67.6 Å². The highest BCUT2D eigenvalue weighted by molar-refractivity contribution is 5.82. The van der Waals surface area contributed by atoms with Crippen molar-refractivity contribution in [1.82, 2.24) is 20.2 Å². The van der Waals surface area contributed by atoms with Gasteiger partial charge in [0.2, 0.25) is 5.91 Å². The van der Waals surface area contributed by atoms with Crippen molar-refractivity contribution in [1.29, 1.82) is 0 Å². The van der Waals surface area contributed by atoms with Gasteiger partial charge < -0.3 is 25.2 Å². The van der Waals surface area contributed by atoms with Crippen LogP contribution in [0.25, 0.3) is 0 Å². The van der Waals surface area contributed by atoms with Crippen LogP contribution in [0.3, 0.4) is 0 Å². The highest BCUT2D eigenvalue weighted by Crippen LogP contribution is 2.21. The van der Waals surface area contributed by atoms with Crippen LogP contribution >= 0.6 is 0 Å². The number of carbonyl (C=O) groups is 2. The van der Waals surface area contributed by atoms with Crippen molar-refractivity contribution in [3.8, 4) is 0 Å². The molecule has 0 bridgehead atoms. The lowest BCUT2D eigenvalue weighted by molar-refractivity contribution is -0.130. The molecule has 4 rings (SSSR count). The Kier molecular flexibility index (Phi) is 7.77. The molecule has 2 N–H and O–H groups in total. The minimum atomic E-state index is -0.606. The lowest BCUT2D eigenvalue weighted by Gasteiger charge is -2.35. The molecule has 1 aliphatic rings. The molecule has 182 valence electrons. The second kappa shape index (κ2) is 11.3. The van der Waals surface area contributed by atoms with Crippen LogP contribution in [0, 0.1) is 13.8 Å². The first-order valence-electron chi connectivity index (χ1n) is 11.6. The van der Waals surface area contributed by atoms with Crippen LogP contribution in [0.2, 0.25) is 0 Å². The minimum Gasteiger partial charge on any atom is -0.445 e. The van der Waals surface area contributed by atoms with Gasteiger partial charge in [-0.3, -0.25) is 4.79 Å². The van der Waals surface area contributed by atoms with Crippen LogP contribution in [-0.4, -0.2) is 59.6 Å². The smallest absolute Gasteiger partial charge is 0.407 e. The zero-order valence-electron chi connectivity index (χ0n) is 20.0. The van der Waals surface area contributed by atoms with Gasteiger partial charge in [0.05, 0.1) is 0 Å². The van der Waals surface area contributed by atoms with Crippen molar-refractivity contribution in [2.24, 2.45) is 0 Å². The zero-order valence-corrected chi connectivity index (χ0v) is 20.0. The maximum Gasteiger partial charge on any atom is 0.407 e. The first kappa shape index (κ1) is 24.0.